The minimum Gasteiger partial charge on any atom is -0.443 e. The Kier molecular flexibility index (Phi) is 11.9. The molecule has 18 nitrogen and oxygen atoms in total. The molecule has 0 aliphatic carbocycles. The topological polar surface area (TPSA) is 256 Å². The number of quaternary nitrogens is 1. The lowest BCUT2D eigenvalue weighted by Gasteiger charge is -2.49. The molecule has 0 unspecified atom stereocenters. The van der Waals surface area contributed by atoms with Crippen molar-refractivity contribution >= 4 is 55.2 Å². The maximum Gasteiger partial charge on any atom is 0.408 e. The summed E-state index contributed by atoms with van der Waals surface area (Å²) < 4.78 is 42.5. The van der Waals surface area contributed by atoms with E-state index in [4.69, 9.17) is 13.1 Å². The van der Waals surface area contributed by atoms with Gasteiger partial charge in [-0.05, 0) is 30.0 Å². The Labute approximate surface area is 323 Å². The first-order valence-electron chi connectivity index (χ1n) is 17.3. The lowest BCUT2D eigenvalue weighted by atomic mass is 10.0. The van der Waals surface area contributed by atoms with Gasteiger partial charge in [-0.25, -0.2) is 9.78 Å². The average Bonchev–Trinajstić information content (AvgIpc) is 3.59. The number of amides is 3. The van der Waals surface area contributed by atoms with Crippen LogP contribution in [0.2, 0.25) is 0 Å². The van der Waals surface area contributed by atoms with Crippen molar-refractivity contribution < 1.29 is 56.2 Å². The number of ether oxygens (including phenoxy) is 1. The van der Waals surface area contributed by atoms with Crippen LogP contribution in [0.4, 0.5) is 16.2 Å². The number of carbonyl (C=O) groups is 3. The lowest BCUT2D eigenvalue weighted by Crippen LogP contribution is -2.58. The summed E-state index contributed by atoms with van der Waals surface area (Å²) in [5, 5.41) is 6.71. The molecule has 0 radical (unpaired) electrons. The molecular formula is C35H41N6O12P2S+. The van der Waals surface area contributed by atoms with E-state index in [9.17, 15) is 43.1 Å². The average molecular weight is 832 g/mol. The molecule has 0 spiro atoms. The van der Waals surface area contributed by atoms with Crippen LogP contribution in [0.15, 0.2) is 97.5 Å². The van der Waals surface area contributed by atoms with Gasteiger partial charge in [0.15, 0.2) is 5.37 Å². The number of fused-ring (bicyclic) bond motifs is 5. The molecule has 3 amide bonds. The van der Waals surface area contributed by atoms with Crippen LogP contribution in [0.25, 0.3) is 0 Å². The van der Waals surface area contributed by atoms with Crippen LogP contribution in [0.3, 0.4) is 0 Å². The Morgan fingerprint density at radius 3 is 1.96 bits per heavy atom. The Balaban J connectivity index is 1.38. The fourth-order valence-corrected chi connectivity index (χ4v) is 12.5. The SMILES string of the molecule is CC(C)C[C@H](NC(=O)[C@H](Cc1ccccc1)NC(=O)c1cnccn1)S12Oc3ccccc3[N+]1(CCOC(=O)NC(P(=O)(O)O)P(=O)(O)O)c1ccccc1O2. The van der Waals surface area contributed by atoms with Gasteiger partial charge in [-0.15, -0.1) is 3.89 Å². The lowest BCUT2D eigenvalue weighted by molar-refractivity contribution is -0.123. The van der Waals surface area contributed by atoms with Crippen LogP contribution in [0.5, 0.6) is 11.5 Å². The molecule has 2 aliphatic heterocycles. The van der Waals surface area contributed by atoms with Crippen LogP contribution in [-0.4, -0.2) is 77.5 Å². The zero-order chi connectivity index (χ0) is 40.3. The molecule has 3 heterocycles. The number of benzene rings is 3. The highest BCUT2D eigenvalue weighted by atomic mass is 32.3. The zero-order valence-corrected chi connectivity index (χ0v) is 32.7. The highest BCUT2D eigenvalue weighted by Crippen LogP contribution is 2.79. The van der Waals surface area contributed by atoms with E-state index in [1.54, 1.807) is 53.8 Å². The molecule has 0 bridgehead atoms. The number of carbonyl (C=O) groups excluding carboxylic acids is 3. The molecule has 0 saturated heterocycles. The summed E-state index contributed by atoms with van der Waals surface area (Å²) in [6.45, 7) is 3.32. The highest BCUT2D eigenvalue weighted by molar-refractivity contribution is 8.27. The predicted octanol–water partition coefficient (Wildman–Crippen LogP) is 4.34. The largest absolute Gasteiger partial charge is 0.443 e. The first kappa shape index (κ1) is 40.8. The molecule has 2 atom stereocenters. The molecule has 1 aromatic heterocycles. The molecule has 298 valence electrons. The molecule has 6 rings (SSSR count). The summed E-state index contributed by atoms with van der Waals surface area (Å²) in [6.07, 6.45) is 3.02. The third-order valence-corrected chi connectivity index (χ3v) is 15.6. The highest BCUT2D eigenvalue weighted by Gasteiger charge is 2.67. The normalized spacial score (nSPS) is 20.6. The molecular weight excluding hydrogens is 790 g/mol. The van der Waals surface area contributed by atoms with E-state index < -0.39 is 67.4 Å². The fraction of sp³-hybridized carbons (Fsp3) is 0.286. The second-order valence-electron chi connectivity index (χ2n) is 13.3. The van der Waals surface area contributed by atoms with Gasteiger partial charge >= 0.3 is 21.3 Å². The Bertz CT molecular complexity index is 2100. The maximum atomic E-state index is 14.6. The number of para-hydroxylation sites is 4. The van der Waals surface area contributed by atoms with Gasteiger partial charge in [-0.1, -0.05) is 68.4 Å². The van der Waals surface area contributed by atoms with Crippen LogP contribution in [0.1, 0.15) is 36.3 Å². The first-order valence-corrected chi connectivity index (χ1v) is 22.1. The molecule has 56 heavy (non-hydrogen) atoms. The molecule has 2 aliphatic rings. The number of alkyl carbamates (subject to hydrolysis) is 1. The Hall–Kier alpha value is -4.84. The molecule has 7 N–H and O–H groups in total. The standard InChI is InChI=1S/C35H40N6O12P2S/c1-23(2)20-31(39-32(42)25(21-24-10-4-3-5-11-24)38-33(43)26-22-36-16-17-37-26)56-41(27-12-6-8-14-29(27)52-56,28-13-7-9-15-30(28)53-56)18-19-51-34(44)40-35(54(45,46)47)55(48,49)50/h3-17,22-23,25,31,35H,18-21H2,1-2H3,(H6-,38,39,40,42,43,44,45,46,47,48,49,50)/p+1/t25-,31+/m0/s1. The number of hydrogen-bond acceptors (Lipinski definition) is 10. The van der Waals surface area contributed by atoms with Gasteiger partial charge < -0.3 is 43.3 Å². The van der Waals surface area contributed by atoms with Gasteiger partial charge in [-0.2, -0.15) is 0 Å². The second-order valence-corrected chi connectivity index (χ2v) is 19.7. The van der Waals surface area contributed by atoms with Gasteiger partial charge in [0.1, 0.15) is 24.9 Å². The monoisotopic (exact) mass is 831 g/mol. The predicted molar refractivity (Wildman–Crippen MR) is 205 cm³/mol. The van der Waals surface area contributed by atoms with Crippen LogP contribution in [-0.2, 0) is 25.1 Å². The van der Waals surface area contributed by atoms with Crippen LogP contribution in [0, 0.1) is 5.92 Å². The second kappa shape index (κ2) is 16.3. The fourth-order valence-electron chi connectivity index (χ4n) is 6.59. The minimum atomic E-state index is -5.51. The van der Waals surface area contributed by atoms with Gasteiger partial charge in [-0.3, -0.25) is 29.0 Å². The molecule has 0 fully saturated rings. The van der Waals surface area contributed by atoms with Crippen LogP contribution >= 0.6 is 26.0 Å². The molecule has 21 heteroatoms. The zero-order valence-electron chi connectivity index (χ0n) is 30.1. The smallest absolute Gasteiger partial charge is 0.408 e. The quantitative estimate of drug-likeness (QED) is 0.0650. The number of hydrogen-bond donors (Lipinski definition) is 7. The summed E-state index contributed by atoms with van der Waals surface area (Å²) >= 11 is 0. The van der Waals surface area contributed by atoms with Gasteiger partial charge in [0, 0.05) is 41.7 Å². The third kappa shape index (κ3) is 8.31. The number of nitrogens with one attached hydrogen (secondary N) is 3. The van der Waals surface area contributed by atoms with Crippen molar-refractivity contribution in [2.75, 3.05) is 13.2 Å². The minimum absolute atomic E-state index is 0.0121. The van der Waals surface area contributed by atoms with E-state index in [0.29, 0.717) is 29.3 Å². The summed E-state index contributed by atoms with van der Waals surface area (Å²) in [6, 6.07) is 22.2. The number of aromatic nitrogens is 2. The first-order chi connectivity index (χ1) is 26.5. The van der Waals surface area contributed by atoms with Gasteiger partial charge in [0.05, 0.1) is 6.20 Å². The van der Waals surface area contributed by atoms with Gasteiger partial charge in [0.25, 0.3) is 5.91 Å². The summed E-state index contributed by atoms with van der Waals surface area (Å²) in [5.41, 5.74) is -0.848. The van der Waals surface area contributed by atoms with Gasteiger partial charge in [0.2, 0.25) is 34.3 Å². The van der Waals surface area contributed by atoms with E-state index >= 15 is 0 Å². The Morgan fingerprint density at radius 2 is 1.41 bits per heavy atom. The van der Waals surface area contributed by atoms with Crippen LogP contribution < -0.4 is 28.2 Å². The van der Waals surface area contributed by atoms with E-state index in [1.807, 2.05) is 44.2 Å². The maximum absolute atomic E-state index is 14.6. The van der Waals surface area contributed by atoms with Crippen molar-refractivity contribution in [2.24, 2.45) is 5.92 Å². The molecule has 4 aromatic rings. The van der Waals surface area contributed by atoms with E-state index in [2.05, 4.69) is 20.6 Å². The summed E-state index contributed by atoms with van der Waals surface area (Å²) in [4.78, 5) is 86.9. The molecule has 0 saturated carbocycles. The van der Waals surface area contributed by atoms with Crippen molar-refractivity contribution in [3.05, 3.63) is 109 Å². The molecule has 3 aromatic carbocycles. The summed E-state index contributed by atoms with van der Waals surface area (Å²) in [7, 11) is -14.1. The number of rotatable bonds is 15. The van der Waals surface area contributed by atoms with E-state index in [-0.39, 0.29) is 28.5 Å². The van der Waals surface area contributed by atoms with Crippen molar-refractivity contribution in [1.29, 1.82) is 0 Å². The van der Waals surface area contributed by atoms with Crippen molar-refractivity contribution in [3.8, 4) is 11.5 Å². The Morgan fingerprint density at radius 1 is 0.821 bits per heavy atom. The van der Waals surface area contributed by atoms with Crippen molar-refractivity contribution in [2.45, 2.75) is 43.6 Å². The van der Waals surface area contributed by atoms with Crippen molar-refractivity contribution in [1.82, 2.24) is 29.8 Å². The summed E-state index contributed by atoms with van der Waals surface area (Å²) in [5.74, 6) is -0.375. The van der Waals surface area contributed by atoms with E-state index in [1.165, 1.54) is 18.6 Å². The van der Waals surface area contributed by atoms with E-state index in [0.717, 1.165) is 5.56 Å². The van der Waals surface area contributed by atoms with Crippen molar-refractivity contribution in [3.63, 3.8) is 0 Å². The third-order valence-electron chi connectivity index (χ3n) is 8.93. The number of nitrogens with zero attached hydrogens (tertiary/aromatic N) is 3.